The molecule has 0 atom stereocenters. The van der Waals surface area contributed by atoms with Gasteiger partial charge >= 0.3 is 6.16 Å². The molecule has 4 heteroatoms. The third kappa shape index (κ3) is 4.67. The Labute approximate surface area is 88.2 Å². The summed E-state index contributed by atoms with van der Waals surface area (Å²) < 4.78 is 9.44. The molecule has 1 aromatic rings. The van der Waals surface area contributed by atoms with E-state index < -0.39 is 6.16 Å². The van der Waals surface area contributed by atoms with E-state index in [-0.39, 0.29) is 19.8 Å². The molecule has 1 aromatic carbocycles. The first-order valence-corrected chi connectivity index (χ1v) is 4.49. The third-order valence-corrected chi connectivity index (χ3v) is 1.62. The molecule has 0 unspecified atom stereocenters. The molecule has 4 nitrogen and oxygen atoms in total. The average molecular weight is 205 g/mol. The third-order valence-electron chi connectivity index (χ3n) is 1.62. The number of hydrogen-bond donors (Lipinski definition) is 0. The number of carbonyl (C=O) groups is 1. The van der Waals surface area contributed by atoms with Gasteiger partial charge in [0.25, 0.3) is 0 Å². The number of nitrogens with zero attached hydrogens (tertiary/aromatic N) is 1. The summed E-state index contributed by atoms with van der Waals surface area (Å²) in [7, 11) is 0. The van der Waals surface area contributed by atoms with Gasteiger partial charge in [0.15, 0.2) is 6.61 Å². The van der Waals surface area contributed by atoms with Gasteiger partial charge in [-0.2, -0.15) is 0 Å². The van der Waals surface area contributed by atoms with E-state index in [1.54, 1.807) is 0 Å². The Morgan fingerprint density at radius 1 is 1.27 bits per heavy atom. The largest absolute Gasteiger partial charge is 0.508 e. The number of benzene rings is 1. The lowest BCUT2D eigenvalue weighted by atomic mass is 10.2. The second-order valence-electron chi connectivity index (χ2n) is 2.75. The van der Waals surface area contributed by atoms with Crippen LogP contribution in [-0.2, 0) is 16.1 Å². The van der Waals surface area contributed by atoms with Crippen molar-refractivity contribution in [1.82, 2.24) is 0 Å². The predicted molar refractivity (Wildman–Crippen MR) is 54.0 cm³/mol. The second kappa shape index (κ2) is 6.44. The van der Waals surface area contributed by atoms with E-state index in [0.29, 0.717) is 0 Å². The van der Waals surface area contributed by atoms with E-state index >= 15 is 0 Å². The standard InChI is InChI=1S/C11H11NO3/c1-12-7-8-14-11(13)15-9-10-5-3-2-4-6-10/h2-6H,7-9H2. The second-order valence-corrected chi connectivity index (χ2v) is 2.75. The van der Waals surface area contributed by atoms with Crippen molar-refractivity contribution < 1.29 is 14.3 Å². The normalized spacial score (nSPS) is 9.00. The molecule has 0 fully saturated rings. The minimum absolute atomic E-state index is 0.0805. The summed E-state index contributed by atoms with van der Waals surface area (Å²) in [5.41, 5.74) is 0.902. The van der Waals surface area contributed by atoms with Crippen molar-refractivity contribution in [3.05, 3.63) is 47.3 Å². The fraction of sp³-hybridized carbons (Fsp3) is 0.273. The van der Waals surface area contributed by atoms with Gasteiger partial charge in [0.05, 0.1) is 0 Å². The van der Waals surface area contributed by atoms with Gasteiger partial charge in [-0.25, -0.2) is 11.4 Å². The van der Waals surface area contributed by atoms with Gasteiger partial charge in [0.2, 0.25) is 6.54 Å². The van der Waals surface area contributed by atoms with Crippen molar-refractivity contribution in [3.63, 3.8) is 0 Å². The molecule has 0 saturated carbocycles. The van der Waals surface area contributed by atoms with E-state index in [4.69, 9.17) is 11.3 Å². The highest BCUT2D eigenvalue weighted by atomic mass is 16.7. The number of ether oxygens (including phenoxy) is 2. The smallest absolute Gasteiger partial charge is 0.429 e. The van der Waals surface area contributed by atoms with Crippen LogP contribution in [-0.4, -0.2) is 19.3 Å². The summed E-state index contributed by atoms with van der Waals surface area (Å²) >= 11 is 0. The maximum absolute atomic E-state index is 10.9. The Kier molecular flexibility index (Phi) is 4.74. The van der Waals surface area contributed by atoms with Crippen molar-refractivity contribution in [3.8, 4) is 0 Å². The molecular formula is C11H11NO3. The molecule has 1 rings (SSSR count). The van der Waals surface area contributed by atoms with Crippen LogP contribution in [0.2, 0.25) is 0 Å². The zero-order chi connectivity index (χ0) is 10.9. The number of hydrogen-bond acceptors (Lipinski definition) is 3. The molecule has 0 radical (unpaired) electrons. The molecule has 0 aliphatic carbocycles. The van der Waals surface area contributed by atoms with Gasteiger partial charge < -0.3 is 14.3 Å². The molecule has 0 aromatic heterocycles. The lowest BCUT2D eigenvalue weighted by molar-refractivity contribution is 0.0531. The van der Waals surface area contributed by atoms with E-state index in [0.717, 1.165) is 5.56 Å². The van der Waals surface area contributed by atoms with E-state index in [2.05, 4.69) is 9.58 Å². The molecular weight excluding hydrogens is 194 g/mol. The average Bonchev–Trinajstić information content (AvgIpc) is 2.28. The van der Waals surface area contributed by atoms with Crippen molar-refractivity contribution in [2.75, 3.05) is 13.2 Å². The van der Waals surface area contributed by atoms with Crippen LogP contribution >= 0.6 is 0 Å². The Balaban J connectivity index is 2.20. The molecule has 0 bridgehead atoms. The molecule has 15 heavy (non-hydrogen) atoms. The minimum atomic E-state index is -0.734. The first kappa shape index (κ1) is 11.1. The highest BCUT2D eigenvalue weighted by Crippen LogP contribution is 2.01. The topological polar surface area (TPSA) is 39.9 Å². The SMILES string of the molecule is [C-]#[N+]CCOC(=O)OCc1ccccc1. The van der Waals surface area contributed by atoms with Gasteiger partial charge in [-0.05, 0) is 5.56 Å². The molecule has 0 amide bonds. The Morgan fingerprint density at radius 3 is 2.67 bits per heavy atom. The highest BCUT2D eigenvalue weighted by Gasteiger charge is 2.04. The Bertz CT molecular complexity index is 343. The fourth-order valence-electron chi connectivity index (χ4n) is 0.933. The summed E-state index contributed by atoms with van der Waals surface area (Å²) in [5.74, 6) is 0. The molecule has 0 saturated heterocycles. The van der Waals surface area contributed by atoms with Crippen molar-refractivity contribution in [2.45, 2.75) is 6.61 Å². The molecule has 0 aliphatic rings. The maximum Gasteiger partial charge on any atom is 0.508 e. The van der Waals surface area contributed by atoms with Gasteiger partial charge in [-0.1, -0.05) is 30.3 Å². The number of rotatable bonds is 4. The van der Waals surface area contributed by atoms with E-state index in [1.807, 2.05) is 30.3 Å². The van der Waals surface area contributed by atoms with Crippen LogP contribution < -0.4 is 0 Å². The van der Waals surface area contributed by atoms with Crippen LogP contribution in [0.5, 0.6) is 0 Å². The van der Waals surface area contributed by atoms with Gasteiger partial charge in [0.1, 0.15) is 6.61 Å². The van der Waals surface area contributed by atoms with Gasteiger partial charge in [-0.3, -0.25) is 0 Å². The lowest BCUT2D eigenvalue weighted by Gasteiger charge is -2.03. The van der Waals surface area contributed by atoms with E-state index in [1.165, 1.54) is 0 Å². The van der Waals surface area contributed by atoms with Crippen LogP contribution in [0.15, 0.2) is 30.3 Å². The predicted octanol–water partition coefficient (Wildman–Crippen LogP) is 2.26. The van der Waals surface area contributed by atoms with Crippen LogP contribution in [0.25, 0.3) is 4.85 Å². The summed E-state index contributed by atoms with van der Waals surface area (Å²) in [6.45, 7) is 6.92. The van der Waals surface area contributed by atoms with Crippen LogP contribution in [0.4, 0.5) is 4.79 Å². The molecule has 0 aliphatic heterocycles. The molecule has 0 heterocycles. The fourth-order valence-corrected chi connectivity index (χ4v) is 0.933. The van der Waals surface area contributed by atoms with Gasteiger partial charge in [0, 0.05) is 0 Å². The van der Waals surface area contributed by atoms with Crippen LogP contribution in [0.3, 0.4) is 0 Å². The summed E-state index contributed by atoms with van der Waals surface area (Å²) in [6.07, 6.45) is -0.734. The monoisotopic (exact) mass is 205 g/mol. The summed E-state index contributed by atoms with van der Waals surface area (Å²) in [4.78, 5) is 14.0. The van der Waals surface area contributed by atoms with Crippen molar-refractivity contribution in [2.24, 2.45) is 0 Å². The maximum atomic E-state index is 10.9. The Morgan fingerprint density at radius 2 is 2.00 bits per heavy atom. The molecule has 0 spiro atoms. The molecule has 0 N–H and O–H groups in total. The Hall–Kier alpha value is -2.02. The van der Waals surface area contributed by atoms with E-state index in [9.17, 15) is 4.79 Å². The minimum Gasteiger partial charge on any atom is -0.429 e. The van der Waals surface area contributed by atoms with Gasteiger partial charge in [-0.15, -0.1) is 0 Å². The summed E-state index contributed by atoms with van der Waals surface area (Å²) in [5, 5.41) is 0. The first-order chi connectivity index (χ1) is 7.33. The van der Waals surface area contributed by atoms with Crippen molar-refractivity contribution in [1.29, 1.82) is 0 Å². The quantitative estimate of drug-likeness (QED) is 0.430. The van der Waals surface area contributed by atoms with Crippen LogP contribution in [0.1, 0.15) is 5.56 Å². The zero-order valence-corrected chi connectivity index (χ0v) is 8.18. The summed E-state index contributed by atoms with van der Waals surface area (Å²) in [6, 6.07) is 9.32. The molecule has 78 valence electrons. The van der Waals surface area contributed by atoms with Crippen LogP contribution in [0, 0.1) is 6.57 Å². The lowest BCUT2D eigenvalue weighted by Crippen LogP contribution is -2.09. The zero-order valence-electron chi connectivity index (χ0n) is 8.18. The number of carbonyl (C=O) groups excluding carboxylic acids is 1. The highest BCUT2D eigenvalue weighted by molar-refractivity contribution is 5.59. The van der Waals surface area contributed by atoms with Crippen molar-refractivity contribution >= 4 is 6.16 Å². The first-order valence-electron chi connectivity index (χ1n) is 4.49.